The van der Waals surface area contributed by atoms with Gasteiger partial charge < -0.3 is 15.8 Å². The smallest absolute Gasteiger partial charge is 0.229 e. The molecule has 0 rings (SSSR count). The minimum atomic E-state index is -0.433. The summed E-state index contributed by atoms with van der Waals surface area (Å²) >= 11 is 4.72. The van der Waals surface area contributed by atoms with Crippen LogP contribution in [0.3, 0.4) is 0 Å². The van der Waals surface area contributed by atoms with E-state index in [1.807, 2.05) is 13.8 Å². The number of methoxy groups -OCH3 is 1. The summed E-state index contributed by atoms with van der Waals surface area (Å²) in [6.45, 7) is 5.89. The number of hydrogen-bond acceptors (Lipinski definition) is 3. The van der Waals surface area contributed by atoms with Gasteiger partial charge in [-0.25, -0.2) is 0 Å². The van der Waals surface area contributed by atoms with Gasteiger partial charge in [0.15, 0.2) is 0 Å². The normalized spacial score (nSPS) is 13.4. The van der Waals surface area contributed by atoms with Crippen LogP contribution in [0.1, 0.15) is 20.8 Å². The summed E-state index contributed by atoms with van der Waals surface area (Å²) in [5.74, 6) is -0.597. The van der Waals surface area contributed by atoms with Gasteiger partial charge in [-0.2, -0.15) is 0 Å². The molecule has 0 aliphatic heterocycles. The first kappa shape index (κ1) is 13.3. The van der Waals surface area contributed by atoms with E-state index in [1.54, 1.807) is 14.0 Å². The fourth-order valence-corrected chi connectivity index (χ4v) is 0.761. The summed E-state index contributed by atoms with van der Waals surface area (Å²) in [7, 11) is 1.60. The average molecular weight is 218 g/mol. The quantitative estimate of drug-likeness (QED) is 0.658. The van der Waals surface area contributed by atoms with E-state index in [0.717, 1.165) is 0 Å². The molecule has 3 N–H and O–H groups in total. The molecule has 0 spiro atoms. The molecule has 14 heavy (non-hydrogen) atoms. The van der Waals surface area contributed by atoms with Crippen LogP contribution in [0.4, 0.5) is 0 Å². The first-order valence-electron chi connectivity index (χ1n) is 4.42. The summed E-state index contributed by atoms with van der Waals surface area (Å²) < 4.78 is 5.15. The molecule has 0 bridgehead atoms. The van der Waals surface area contributed by atoms with Gasteiger partial charge in [-0.15, -0.1) is 0 Å². The maximum atomic E-state index is 11.4. The van der Waals surface area contributed by atoms with Crippen LogP contribution in [0, 0.1) is 5.92 Å². The third-order valence-corrected chi connectivity index (χ3v) is 2.41. The third-order valence-electron chi connectivity index (χ3n) is 2.06. The molecule has 0 saturated heterocycles. The van der Waals surface area contributed by atoms with Gasteiger partial charge in [-0.3, -0.25) is 4.79 Å². The Labute approximate surface area is 90.2 Å². The Bertz CT molecular complexity index is 229. The topological polar surface area (TPSA) is 64.3 Å². The molecule has 0 saturated carbocycles. The summed E-state index contributed by atoms with van der Waals surface area (Å²) in [5, 5.41) is 2.72. The van der Waals surface area contributed by atoms with Crippen molar-refractivity contribution >= 4 is 23.1 Å². The molecule has 0 heterocycles. The van der Waals surface area contributed by atoms with Crippen molar-refractivity contribution < 1.29 is 9.53 Å². The molecule has 0 aromatic rings. The highest BCUT2D eigenvalue weighted by molar-refractivity contribution is 7.80. The Kier molecular flexibility index (Phi) is 5.01. The van der Waals surface area contributed by atoms with Gasteiger partial charge in [0.2, 0.25) is 5.91 Å². The largest absolute Gasteiger partial charge is 0.393 e. The molecule has 0 aromatic heterocycles. The van der Waals surface area contributed by atoms with Crippen LogP contribution in [0.25, 0.3) is 0 Å². The standard InChI is InChI=1S/C9H18N2O2S/c1-6(7(10)14)8(12)11-5-9(2,3)13-4/h6H,5H2,1-4H3,(H2,10,14)(H,11,12). The molecule has 0 radical (unpaired) electrons. The Balaban J connectivity index is 4.03. The van der Waals surface area contributed by atoms with E-state index in [4.69, 9.17) is 22.7 Å². The minimum absolute atomic E-state index is 0.164. The van der Waals surface area contributed by atoms with Crippen molar-refractivity contribution in [3.8, 4) is 0 Å². The van der Waals surface area contributed by atoms with E-state index in [1.165, 1.54) is 0 Å². The van der Waals surface area contributed by atoms with Crippen LogP contribution in [0.5, 0.6) is 0 Å². The molecule has 1 amide bonds. The van der Waals surface area contributed by atoms with Gasteiger partial charge in [0.05, 0.1) is 16.5 Å². The number of carbonyl (C=O) groups is 1. The lowest BCUT2D eigenvalue weighted by atomic mass is 10.1. The van der Waals surface area contributed by atoms with Crippen molar-refractivity contribution in [1.82, 2.24) is 5.32 Å². The number of rotatable bonds is 5. The zero-order valence-corrected chi connectivity index (χ0v) is 9.90. The van der Waals surface area contributed by atoms with Gasteiger partial charge in [-0.1, -0.05) is 12.2 Å². The second-order valence-electron chi connectivity index (χ2n) is 3.81. The van der Waals surface area contributed by atoms with Gasteiger partial charge in [0.25, 0.3) is 0 Å². The van der Waals surface area contributed by atoms with Crippen molar-refractivity contribution in [2.24, 2.45) is 11.7 Å². The summed E-state index contributed by atoms with van der Waals surface area (Å²) in [4.78, 5) is 11.6. The third kappa shape index (κ3) is 4.53. The van der Waals surface area contributed by atoms with E-state index >= 15 is 0 Å². The molecule has 0 fully saturated rings. The Hall–Kier alpha value is -0.680. The highest BCUT2D eigenvalue weighted by Crippen LogP contribution is 2.05. The minimum Gasteiger partial charge on any atom is -0.393 e. The molecule has 0 aromatic carbocycles. The number of hydrogen-bond donors (Lipinski definition) is 2. The summed E-state index contributed by atoms with van der Waals surface area (Å²) in [5.41, 5.74) is 4.98. The lowest BCUT2D eigenvalue weighted by Crippen LogP contribution is -2.43. The molecular weight excluding hydrogens is 200 g/mol. The van der Waals surface area contributed by atoms with E-state index in [9.17, 15) is 4.79 Å². The van der Waals surface area contributed by atoms with Crippen molar-refractivity contribution in [3.05, 3.63) is 0 Å². The lowest BCUT2D eigenvalue weighted by molar-refractivity contribution is -0.123. The van der Waals surface area contributed by atoms with E-state index in [0.29, 0.717) is 6.54 Å². The highest BCUT2D eigenvalue weighted by Gasteiger charge is 2.20. The van der Waals surface area contributed by atoms with Crippen molar-refractivity contribution in [2.75, 3.05) is 13.7 Å². The Morgan fingerprint density at radius 3 is 2.50 bits per heavy atom. The number of ether oxygens (including phenoxy) is 1. The van der Waals surface area contributed by atoms with Crippen LogP contribution in [0.2, 0.25) is 0 Å². The van der Waals surface area contributed by atoms with Gasteiger partial charge in [0.1, 0.15) is 0 Å². The number of amides is 1. The fourth-order valence-electron chi connectivity index (χ4n) is 0.654. The molecule has 1 atom stereocenters. The number of thiocarbonyl (C=S) groups is 1. The SMILES string of the molecule is COC(C)(C)CNC(=O)C(C)C(N)=S. The molecule has 0 aliphatic carbocycles. The monoisotopic (exact) mass is 218 g/mol. The van der Waals surface area contributed by atoms with Crippen molar-refractivity contribution in [1.29, 1.82) is 0 Å². The van der Waals surface area contributed by atoms with E-state index < -0.39 is 5.92 Å². The Morgan fingerprint density at radius 2 is 2.14 bits per heavy atom. The zero-order chi connectivity index (χ0) is 11.4. The molecule has 1 unspecified atom stereocenters. The zero-order valence-electron chi connectivity index (χ0n) is 9.09. The maximum Gasteiger partial charge on any atom is 0.229 e. The summed E-state index contributed by atoms with van der Waals surface area (Å²) in [6.07, 6.45) is 0. The van der Waals surface area contributed by atoms with Crippen molar-refractivity contribution in [3.63, 3.8) is 0 Å². The van der Waals surface area contributed by atoms with Gasteiger partial charge >= 0.3 is 0 Å². The molecular formula is C9H18N2O2S. The molecule has 4 nitrogen and oxygen atoms in total. The second-order valence-corrected chi connectivity index (χ2v) is 4.28. The molecule has 82 valence electrons. The predicted molar refractivity (Wildman–Crippen MR) is 60.0 cm³/mol. The summed E-state index contributed by atoms with van der Waals surface area (Å²) in [6, 6.07) is 0. The van der Waals surface area contributed by atoms with Crippen LogP contribution >= 0.6 is 12.2 Å². The number of nitrogens with two attached hydrogens (primary N) is 1. The van der Waals surface area contributed by atoms with Crippen LogP contribution < -0.4 is 11.1 Å². The predicted octanol–water partition coefficient (Wildman–Crippen LogP) is 0.450. The number of nitrogens with one attached hydrogen (secondary N) is 1. The van der Waals surface area contributed by atoms with Gasteiger partial charge in [0, 0.05) is 13.7 Å². The van der Waals surface area contributed by atoms with Crippen molar-refractivity contribution in [2.45, 2.75) is 26.4 Å². The highest BCUT2D eigenvalue weighted by atomic mass is 32.1. The van der Waals surface area contributed by atoms with E-state index in [-0.39, 0.29) is 16.5 Å². The maximum absolute atomic E-state index is 11.4. The van der Waals surface area contributed by atoms with Gasteiger partial charge in [-0.05, 0) is 20.8 Å². The molecule has 0 aliphatic rings. The first-order chi connectivity index (χ1) is 6.30. The van der Waals surface area contributed by atoms with Crippen LogP contribution in [-0.4, -0.2) is 30.2 Å². The van der Waals surface area contributed by atoms with E-state index in [2.05, 4.69) is 5.32 Å². The lowest BCUT2D eigenvalue weighted by Gasteiger charge is -2.23. The number of carbonyl (C=O) groups excluding carboxylic acids is 1. The first-order valence-corrected chi connectivity index (χ1v) is 4.83. The molecule has 5 heteroatoms. The average Bonchev–Trinajstić information content (AvgIpc) is 2.13. The second kappa shape index (κ2) is 5.26. The fraction of sp³-hybridized carbons (Fsp3) is 0.778. The van der Waals surface area contributed by atoms with Crippen LogP contribution in [0.15, 0.2) is 0 Å². The Morgan fingerprint density at radius 1 is 1.64 bits per heavy atom. The van der Waals surface area contributed by atoms with Crippen LogP contribution in [-0.2, 0) is 9.53 Å².